The van der Waals surface area contributed by atoms with Crippen molar-refractivity contribution < 1.29 is 9.19 Å². The van der Waals surface area contributed by atoms with E-state index in [-0.39, 0.29) is 0 Å². The molecule has 0 radical (unpaired) electrons. The van der Waals surface area contributed by atoms with Crippen LogP contribution in [0.5, 0.6) is 0 Å². The van der Waals surface area contributed by atoms with Crippen LogP contribution in [0.25, 0.3) is 0 Å². The number of rotatable bonds is 2. The summed E-state index contributed by atoms with van der Waals surface area (Å²) in [6.45, 7) is 0. The van der Waals surface area contributed by atoms with Crippen LogP contribution in [0, 0.1) is 0 Å². The average molecular weight is 131 g/mol. The summed E-state index contributed by atoms with van der Waals surface area (Å²) in [4.78, 5) is 4.52. The minimum Gasteiger partial charge on any atom is -0.295 e. The van der Waals surface area contributed by atoms with Crippen molar-refractivity contribution in [1.29, 1.82) is 0 Å². The second-order valence-electron chi connectivity index (χ2n) is 0.954. The molecule has 1 rings (SSSR count). The fourth-order valence-corrected chi connectivity index (χ4v) is 0.426. The molecule has 0 spiro atoms. The van der Waals surface area contributed by atoms with Gasteiger partial charge in [0.25, 0.3) is 0 Å². The van der Waals surface area contributed by atoms with E-state index >= 15 is 0 Å². The number of hydrogen-bond acceptors (Lipinski definition) is 4. The first-order valence-corrected chi connectivity index (χ1v) is 2.51. The lowest BCUT2D eigenvalue weighted by Crippen LogP contribution is -1.99. The molecule has 0 saturated heterocycles. The van der Waals surface area contributed by atoms with Crippen molar-refractivity contribution in [3.05, 3.63) is 12.7 Å². The van der Waals surface area contributed by atoms with Crippen LogP contribution in [0.1, 0.15) is 0 Å². The maximum Gasteiger partial charge on any atom is 0.419 e. The molecule has 0 aliphatic heterocycles. The number of hydrogen-bond donors (Lipinski definition) is 0. The lowest BCUT2D eigenvalue weighted by Gasteiger charge is -1.85. The third kappa shape index (κ3) is 1.01. The van der Waals surface area contributed by atoms with E-state index in [9.17, 15) is 4.57 Å². The molecule has 0 atom stereocenters. The maximum atomic E-state index is 9.66. The Morgan fingerprint density at radius 3 is 3.12 bits per heavy atom. The fourth-order valence-electron chi connectivity index (χ4n) is 0.274. The van der Waals surface area contributed by atoms with Crippen molar-refractivity contribution in [3.8, 4) is 0 Å². The van der Waals surface area contributed by atoms with E-state index in [4.69, 9.17) is 0 Å². The molecule has 0 N–H and O–H groups in total. The van der Waals surface area contributed by atoms with Gasteiger partial charge in [-0.25, -0.2) is 9.55 Å². The summed E-state index contributed by atoms with van der Waals surface area (Å²) in [6, 6.07) is 0. The third-order valence-electron chi connectivity index (χ3n) is 0.515. The molecule has 1 heterocycles. The maximum absolute atomic E-state index is 9.66. The van der Waals surface area contributed by atoms with Gasteiger partial charge in [0.2, 0.25) is 0 Å². The summed E-state index contributed by atoms with van der Waals surface area (Å²) < 4.78 is 14.0. The van der Waals surface area contributed by atoms with Crippen molar-refractivity contribution >= 4 is 8.69 Å². The number of aromatic nitrogens is 3. The second-order valence-corrected chi connectivity index (χ2v) is 1.27. The molecular weight excluding hydrogens is 129 g/mol. The highest BCUT2D eigenvalue weighted by Crippen LogP contribution is 1.85. The Labute approximate surface area is 46.5 Å². The minimum atomic E-state index is -0.434. The second kappa shape index (κ2) is 2.37. The smallest absolute Gasteiger partial charge is 0.295 e. The zero-order valence-corrected chi connectivity index (χ0v) is 4.65. The molecule has 42 valence electrons. The lowest BCUT2D eigenvalue weighted by atomic mass is 11.3. The topological polar surface area (TPSA) is 57.0 Å². The monoisotopic (exact) mass is 131 g/mol. The molecule has 0 bridgehead atoms. The third-order valence-corrected chi connectivity index (χ3v) is 0.749. The van der Waals surface area contributed by atoms with E-state index in [1.54, 1.807) is 0 Å². The van der Waals surface area contributed by atoms with Gasteiger partial charge in [-0.1, -0.05) is 4.85 Å². The minimum absolute atomic E-state index is 0.434. The van der Waals surface area contributed by atoms with Crippen LogP contribution < -0.4 is 4.62 Å². The van der Waals surface area contributed by atoms with E-state index < -0.39 is 8.69 Å². The zero-order valence-electron chi connectivity index (χ0n) is 3.76. The van der Waals surface area contributed by atoms with Crippen molar-refractivity contribution in [3.63, 3.8) is 0 Å². The standard InChI is InChI=1S/C2H2N3O2P/c6-8-7-5-2-3-1-4-5/h1-2H. The molecule has 0 aromatic carbocycles. The van der Waals surface area contributed by atoms with Crippen molar-refractivity contribution in [2.45, 2.75) is 0 Å². The van der Waals surface area contributed by atoms with E-state index in [0.717, 1.165) is 4.85 Å². The Kier molecular flexibility index (Phi) is 1.54. The van der Waals surface area contributed by atoms with Crippen LogP contribution in [0.15, 0.2) is 12.7 Å². The molecule has 1 aromatic heterocycles. The van der Waals surface area contributed by atoms with Gasteiger partial charge in [0.15, 0.2) is 6.33 Å². The van der Waals surface area contributed by atoms with Gasteiger partial charge >= 0.3 is 8.69 Å². The van der Waals surface area contributed by atoms with Gasteiger partial charge in [-0.2, -0.15) is 0 Å². The lowest BCUT2D eigenvalue weighted by molar-refractivity contribution is 0.255. The van der Waals surface area contributed by atoms with Gasteiger partial charge in [-0.15, -0.1) is 5.10 Å². The van der Waals surface area contributed by atoms with Crippen LogP contribution in [0.2, 0.25) is 0 Å². The summed E-state index contributed by atoms with van der Waals surface area (Å²) in [7, 11) is -0.434. The summed E-state index contributed by atoms with van der Waals surface area (Å²) in [5, 5.41) is 3.48. The quantitative estimate of drug-likeness (QED) is 0.526. The largest absolute Gasteiger partial charge is 0.419 e. The molecule has 6 heteroatoms. The highest BCUT2D eigenvalue weighted by Gasteiger charge is 1.84. The molecule has 0 amide bonds. The van der Waals surface area contributed by atoms with Gasteiger partial charge in [-0.3, -0.25) is 4.62 Å². The van der Waals surface area contributed by atoms with E-state index in [0.29, 0.717) is 0 Å². The van der Waals surface area contributed by atoms with Crippen LogP contribution in [-0.4, -0.2) is 14.9 Å². The molecule has 0 unspecified atom stereocenters. The highest BCUT2D eigenvalue weighted by atomic mass is 31.1. The Morgan fingerprint density at radius 2 is 2.62 bits per heavy atom. The predicted octanol–water partition coefficient (Wildman–Crippen LogP) is -0.0866. The first kappa shape index (κ1) is 5.18. The molecular formula is C2H2N3O2P. The molecule has 8 heavy (non-hydrogen) atoms. The van der Waals surface area contributed by atoms with Gasteiger partial charge in [0.05, 0.1) is 0 Å². The SMILES string of the molecule is O=POn1cncn1. The summed E-state index contributed by atoms with van der Waals surface area (Å²) in [5.41, 5.74) is 0. The van der Waals surface area contributed by atoms with Gasteiger partial charge in [-0.05, 0) is 0 Å². The van der Waals surface area contributed by atoms with Gasteiger partial charge in [0, 0.05) is 0 Å². The summed E-state index contributed by atoms with van der Waals surface area (Å²) in [5.74, 6) is 0. The van der Waals surface area contributed by atoms with Crippen LogP contribution in [0.3, 0.4) is 0 Å². The molecule has 1 aromatic rings. The Hall–Kier alpha value is -0.960. The van der Waals surface area contributed by atoms with Crippen molar-refractivity contribution in [2.75, 3.05) is 0 Å². The predicted molar refractivity (Wildman–Crippen MR) is 24.2 cm³/mol. The number of nitrogens with zero attached hydrogens (tertiary/aromatic N) is 3. The van der Waals surface area contributed by atoms with E-state index in [2.05, 4.69) is 14.7 Å². The van der Waals surface area contributed by atoms with Gasteiger partial charge in [0.1, 0.15) is 6.33 Å². The molecule has 0 aliphatic carbocycles. The van der Waals surface area contributed by atoms with E-state index in [1.807, 2.05) is 0 Å². The van der Waals surface area contributed by atoms with Crippen LogP contribution >= 0.6 is 8.69 Å². The summed E-state index contributed by atoms with van der Waals surface area (Å²) in [6.07, 6.45) is 2.58. The highest BCUT2D eigenvalue weighted by molar-refractivity contribution is 7.17. The Bertz CT molecular complexity index is 162. The van der Waals surface area contributed by atoms with Crippen molar-refractivity contribution in [2.24, 2.45) is 0 Å². The van der Waals surface area contributed by atoms with Crippen LogP contribution in [0.4, 0.5) is 0 Å². The van der Waals surface area contributed by atoms with Crippen molar-refractivity contribution in [1.82, 2.24) is 14.9 Å². The Balaban J connectivity index is 2.62. The summed E-state index contributed by atoms with van der Waals surface area (Å²) >= 11 is 0. The zero-order chi connectivity index (χ0) is 5.82. The van der Waals surface area contributed by atoms with Gasteiger partial charge < -0.3 is 0 Å². The van der Waals surface area contributed by atoms with E-state index in [1.165, 1.54) is 12.7 Å². The molecule has 0 aliphatic rings. The average Bonchev–Trinajstić information content (AvgIpc) is 2.19. The normalized spacial score (nSPS) is 9.50. The first-order valence-electron chi connectivity index (χ1n) is 1.78. The Morgan fingerprint density at radius 1 is 1.75 bits per heavy atom. The van der Waals surface area contributed by atoms with Crippen LogP contribution in [-0.2, 0) is 4.57 Å². The molecule has 0 saturated carbocycles. The molecule has 5 nitrogen and oxygen atoms in total. The first-order chi connectivity index (χ1) is 3.93. The molecule has 0 fully saturated rings. The fraction of sp³-hybridized carbons (Fsp3) is 0.